The lowest BCUT2D eigenvalue weighted by molar-refractivity contribution is 0.114. The number of nitrogens with one attached hydrogen (secondary N) is 2. The van der Waals surface area contributed by atoms with Crippen LogP contribution in [0.5, 0.6) is 0 Å². The molecule has 1 aliphatic heterocycles. The monoisotopic (exact) mass is 331 g/mol. The van der Waals surface area contributed by atoms with E-state index in [1.54, 1.807) is 24.4 Å². The molecule has 2 rings (SSSR count). The summed E-state index contributed by atoms with van der Waals surface area (Å²) in [6.45, 7) is 1.53. The van der Waals surface area contributed by atoms with E-state index in [-0.39, 0.29) is 6.10 Å². The molecule has 0 saturated carbocycles. The van der Waals surface area contributed by atoms with Crippen molar-refractivity contribution < 1.29 is 4.74 Å². The minimum absolute atomic E-state index is 0.240. The van der Waals surface area contributed by atoms with E-state index in [2.05, 4.69) is 15.8 Å². The van der Waals surface area contributed by atoms with Gasteiger partial charge in [0.25, 0.3) is 0 Å². The van der Waals surface area contributed by atoms with E-state index in [0.29, 0.717) is 21.7 Å². The summed E-state index contributed by atoms with van der Waals surface area (Å²) in [5.41, 5.74) is 3.51. The second-order valence-electron chi connectivity index (χ2n) is 4.38. The highest BCUT2D eigenvalue weighted by Crippen LogP contribution is 2.19. The van der Waals surface area contributed by atoms with Gasteiger partial charge in [-0.15, -0.1) is 0 Å². The molecule has 7 heteroatoms. The summed E-state index contributed by atoms with van der Waals surface area (Å²) in [6.07, 6.45) is 4.02. The zero-order valence-corrected chi connectivity index (χ0v) is 13.1. The van der Waals surface area contributed by atoms with Gasteiger partial charge >= 0.3 is 0 Å². The fraction of sp³-hybridized carbons (Fsp3) is 0.385. The van der Waals surface area contributed by atoms with Gasteiger partial charge in [0.1, 0.15) is 0 Å². The van der Waals surface area contributed by atoms with Gasteiger partial charge in [0, 0.05) is 23.7 Å². The predicted molar refractivity (Wildman–Crippen MR) is 86.8 cm³/mol. The zero-order valence-electron chi connectivity index (χ0n) is 10.7. The molecule has 1 aromatic rings. The van der Waals surface area contributed by atoms with Crippen molar-refractivity contribution in [2.24, 2.45) is 5.10 Å². The molecular formula is C13H15Cl2N3OS. The average Bonchev–Trinajstić information content (AvgIpc) is 2.92. The predicted octanol–water partition coefficient (Wildman–Crippen LogP) is 2.97. The van der Waals surface area contributed by atoms with Crippen molar-refractivity contribution in [2.45, 2.75) is 18.9 Å². The lowest BCUT2D eigenvalue weighted by Gasteiger charge is -2.11. The molecular weight excluding hydrogens is 317 g/mol. The Balaban J connectivity index is 1.75. The molecule has 0 spiro atoms. The van der Waals surface area contributed by atoms with E-state index in [0.717, 1.165) is 25.0 Å². The number of halogens is 2. The van der Waals surface area contributed by atoms with Crippen LogP contribution in [0.1, 0.15) is 18.4 Å². The molecule has 20 heavy (non-hydrogen) atoms. The van der Waals surface area contributed by atoms with Crippen molar-refractivity contribution >= 4 is 46.7 Å². The molecule has 2 N–H and O–H groups in total. The molecule has 108 valence electrons. The Bertz CT molecular complexity index is 504. The Hall–Kier alpha value is -0.880. The van der Waals surface area contributed by atoms with Crippen LogP contribution in [-0.2, 0) is 4.74 Å². The fourth-order valence-electron chi connectivity index (χ4n) is 1.82. The molecule has 0 amide bonds. The Kier molecular flexibility index (Phi) is 6.04. The van der Waals surface area contributed by atoms with E-state index >= 15 is 0 Å². The van der Waals surface area contributed by atoms with Crippen LogP contribution >= 0.6 is 35.4 Å². The maximum atomic E-state index is 6.02. The summed E-state index contributed by atoms with van der Waals surface area (Å²) in [6, 6.07) is 5.21. The van der Waals surface area contributed by atoms with Gasteiger partial charge in [0.05, 0.1) is 17.3 Å². The highest BCUT2D eigenvalue weighted by atomic mass is 35.5. The van der Waals surface area contributed by atoms with Crippen molar-refractivity contribution in [3.05, 3.63) is 33.8 Å². The van der Waals surface area contributed by atoms with E-state index in [1.807, 2.05) is 0 Å². The molecule has 1 fully saturated rings. The second-order valence-corrected chi connectivity index (χ2v) is 5.63. The Morgan fingerprint density at radius 2 is 2.35 bits per heavy atom. The maximum Gasteiger partial charge on any atom is 0.187 e. The number of rotatable bonds is 4. The molecule has 4 nitrogen and oxygen atoms in total. The van der Waals surface area contributed by atoms with Crippen LogP contribution in [0.3, 0.4) is 0 Å². The van der Waals surface area contributed by atoms with Gasteiger partial charge in [-0.05, 0) is 37.2 Å². The van der Waals surface area contributed by atoms with Crippen LogP contribution in [0, 0.1) is 0 Å². The molecule has 1 heterocycles. The first-order chi connectivity index (χ1) is 9.65. The molecule has 1 saturated heterocycles. The number of hydrogen-bond acceptors (Lipinski definition) is 3. The van der Waals surface area contributed by atoms with Gasteiger partial charge in [-0.2, -0.15) is 5.10 Å². The van der Waals surface area contributed by atoms with Gasteiger partial charge in [-0.1, -0.05) is 29.3 Å². The third-order valence-corrected chi connectivity index (χ3v) is 3.64. The van der Waals surface area contributed by atoms with Gasteiger partial charge in [0.2, 0.25) is 0 Å². The summed E-state index contributed by atoms with van der Waals surface area (Å²) in [5.74, 6) is 0. The molecule has 1 aliphatic rings. The van der Waals surface area contributed by atoms with Crippen LogP contribution in [0.4, 0.5) is 0 Å². The summed E-state index contributed by atoms with van der Waals surface area (Å²) in [5, 5.41) is 8.69. The first kappa shape index (κ1) is 15.5. The second kappa shape index (κ2) is 7.78. The van der Waals surface area contributed by atoms with Gasteiger partial charge < -0.3 is 10.1 Å². The lowest BCUT2D eigenvalue weighted by atomic mass is 10.2. The van der Waals surface area contributed by atoms with Crippen molar-refractivity contribution in [2.75, 3.05) is 13.2 Å². The van der Waals surface area contributed by atoms with Crippen molar-refractivity contribution in [1.29, 1.82) is 0 Å². The molecule has 0 bridgehead atoms. The molecule has 0 aromatic heterocycles. The minimum Gasteiger partial charge on any atom is -0.376 e. The van der Waals surface area contributed by atoms with Crippen LogP contribution in [0.25, 0.3) is 0 Å². The zero-order chi connectivity index (χ0) is 14.4. The Morgan fingerprint density at radius 3 is 3.05 bits per heavy atom. The molecule has 0 radical (unpaired) electrons. The van der Waals surface area contributed by atoms with Crippen molar-refractivity contribution in [1.82, 2.24) is 10.7 Å². The third-order valence-electron chi connectivity index (χ3n) is 2.85. The van der Waals surface area contributed by atoms with Crippen molar-refractivity contribution in [3.63, 3.8) is 0 Å². The van der Waals surface area contributed by atoms with E-state index in [4.69, 9.17) is 40.2 Å². The summed E-state index contributed by atoms with van der Waals surface area (Å²) >= 11 is 17.0. The molecule has 1 aromatic carbocycles. The Labute approximate surface area is 133 Å². The lowest BCUT2D eigenvalue weighted by Crippen LogP contribution is -2.37. The normalized spacial score (nSPS) is 18.4. The minimum atomic E-state index is 0.240. The van der Waals surface area contributed by atoms with E-state index < -0.39 is 0 Å². The number of hydrogen-bond donors (Lipinski definition) is 2. The van der Waals surface area contributed by atoms with E-state index in [1.165, 1.54) is 0 Å². The number of thiocarbonyl (C=S) groups is 1. The van der Waals surface area contributed by atoms with Gasteiger partial charge in [-0.3, -0.25) is 5.43 Å². The topological polar surface area (TPSA) is 45.6 Å². The van der Waals surface area contributed by atoms with Gasteiger partial charge in [0.15, 0.2) is 5.11 Å². The Morgan fingerprint density at radius 1 is 1.50 bits per heavy atom. The van der Waals surface area contributed by atoms with E-state index in [9.17, 15) is 0 Å². The van der Waals surface area contributed by atoms with Crippen molar-refractivity contribution in [3.8, 4) is 0 Å². The average molecular weight is 332 g/mol. The SMILES string of the molecule is S=C(NC[C@H]1CCCO1)N/N=C\c1ccc(Cl)cc1Cl. The summed E-state index contributed by atoms with van der Waals surface area (Å²) < 4.78 is 5.49. The molecule has 0 aliphatic carbocycles. The first-order valence-electron chi connectivity index (χ1n) is 6.29. The van der Waals surface area contributed by atoms with Crippen LogP contribution in [-0.4, -0.2) is 30.6 Å². The van der Waals surface area contributed by atoms with Crippen LogP contribution < -0.4 is 10.7 Å². The molecule has 0 unspecified atom stereocenters. The van der Waals surface area contributed by atoms with Crippen LogP contribution in [0.15, 0.2) is 23.3 Å². The smallest absolute Gasteiger partial charge is 0.187 e. The number of hydrazone groups is 1. The fourth-order valence-corrected chi connectivity index (χ4v) is 2.41. The largest absolute Gasteiger partial charge is 0.376 e. The van der Waals surface area contributed by atoms with Gasteiger partial charge in [-0.25, -0.2) is 0 Å². The number of benzene rings is 1. The third kappa shape index (κ3) is 4.90. The number of ether oxygens (including phenoxy) is 1. The first-order valence-corrected chi connectivity index (χ1v) is 7.45. The number of nitrogens with zero attached hydrogens (tertiary/aromatic N) is 1. The quantitative estimate of drug-likeness (QED) is 0.506. The van der Waals surface area contributed by atoms with Crippen LogP contribution in [0.2, 0.25) is 10.0 Å². The summed E-state index contributed by atoms with van der Waals surface area (Å²) in [4.78, 5) is 0. The molecule has 1 atom stereocenters. The highest BCUT2D eigenvalue weighted by Gasteiger charge is 2.14. The summed E-state index contributed by atoms with van der Waals surface area (Å²) in [7, 11) is 0. The highest BCUT2D eigenvalue weighted by molar-refractivity contribution is 7.80. The maximum absolute atomic E-state index is 6.02. The standard InChI is InChI=1S/C13H15Cl2N3OS/c14-10-4-3-9(12(15)6-10)7-17-18-13(20)16-8-11-2-1-5-19-11/h3-4,6-7,11H,1-2,5,8H2,(H2,16,18,20)/b17-7-/t11-/m1/s1.